The molecule has 42 heavy (non-hydrogen) atoms. The molecule has 7 nitrogen and oxygen atoms in total. The molecule has 0 bridgehead atoms. The third kappa shape index (κ3) is 7.28. The highest BCUT2D eigenvalue weighted by molar-refractivity contribution is 7.80. The molecule has 2 aliphatic heterocycles. The van der Waals surface area contributed by atoms with E-state index >= 15 is 13.2 Å². The monoisotopic (exact) mass is 606 g/mol. The zero-order chi connectivity index (χ0) is 29.8. The number of benzene rings is 3. The van der Waals surface area contributed by atoms with Crippen molar-refractivity contribution in [1.29, 1.82) is 0 Å². The van der Waals surface area contributed by atoms with Gasteiger partial charge >= 0.3 is 6.18 Å². The third-order valence-corrected chi connectivity index (χ3v) is 7.12. The molecule has 2 aliphatic rings. The van der Waals surface area contributed by atoms with Gasteiger partial charge in [-0.1, -0.05) is 78.9 Å². The summed E-state index contributed by atoms with van der Waals surface area (Å²) in [5.41, 5.74) is -2.34. The van der Waals surface area contributed by atoms with Crippen LogP contribution in [0.1, 0.15) is 25.0 Å². The number of hydrogen-bond donors (Lipinski definition) is 1. The van der Waals surface area contributed by atoms with Crippen LogP contribution in [-0.4, -0.2) is 54.4 Å². The molecule has 3 aromatic carbocycles. The summed E-state index contributed by atoms with van der Waals surface area (Å²) in [6, 6.07) is 26.5. The molecule has 226 valence electrons. The van der Waals surface area contributed by atoms with Crippen molar-refractivity contribution in [1.82, 2.24) is 0 Å². The Kier molecular flexibility index (Phi) is 9.48. The summed E-state index contributed by atoms with van der Waals surface area (Å²) >= 11 is 4.20. The second-order valence-electron chi connectivity index (χ2n) is 10.5. The molecule has 0 spiro atoms. The molecule has 0 radical (unpaired) electrons. The van der Waals surface area contributed by atoms with Gasteiger partial charge in [0.25, 0.3) is 0 Å². The van der Waals surface area contributed by atoms with Crippen LogP contribution in [0.25, 0.3) is 0 Å². The zero-order valence-corrected chi connectivity index (χ0v) is 24.0. The predicted octanol–water partition coefficient (Wildman–Crippen LogP) is 6.28. The van der Waals surface area contributed by atoms with Gasteiger partial charge in [0.15, 0.2) is 23.8 Å². The van der Waals surface area contributed by atoms with Gasteiger partial charge in [-0.3, -0.25) is 0 Å². The van der Waals surface area contributed by atoms with Crippen molar-refractivity contribution in [3.63, 3.8) is 0 Å². The van der Waals surface area contributed by atoms with Crippen molar-refractivity contribution in [2.75, 3.05) is 6.61 Å². The smallest absolute Gasteiger partial charge is 0.417 e. The number of rotatable bonds is 12. The first-order valence-corrected chi connectivity index (χ1v) is 14.0. The largest absolute Gasteiger partial charge is 0.456 e. The normalized spacial score (nSPS) is 26.5. The summed E-state index contributed by atoms with van der Waals surface area (Å²) in [6.07, 6.45) is -11.1. The van der Waals surface area contributed by atoms with Gasteiger partial charge in [-0.05, 0) is 37.1 Å². The molecule has 3 aromatic rings. The van der Waals surface area contributed by atoms with E-state index in [0.29, 0.717) is 0 Å². The molecule has 6 atom stereocenters. The number of ether oxygens (including phenoxy) is 7. The number of halogens is 3. The summed E-state index contributed by atoms with van der Waals surface area (Å²) < 4.78 is 86.5. The Hall–Kier alpha value is -2.64. The lowest BCUT2D eigenvalue weighted by atomic mass is 9.88. The van der Waals surface area contributed by atoms with Crippen molar-refractivity contribution in [3.05, 3.63) is 102 Å². The van der Waals surface area contributed by atoms with Gasteiger partial charge in [-0.15, -0.1) is 12.6 Å². The lowest BCUT2D eigenvalue weighted by Crippen LogP contribution is -2.63. The van der Waals surface area contributed by atoms with Gasteiger partial charge in [0, 0.05) is 0 Å². The zero-order valence-electron chi connectivity index (χ0n) is 23.1. The minimum Gasteiger partial charge on any atom is -0.456 e. The Morgan fingerprint density at radius 1 is 0.810 bits per heavy atom. The van der Waals surface area contributed by atoms with Gasteiger partial charge in [0.1, 0.15) is 18.0 Å². The van der Waals surface area contributed by atoms with Crippen molar-refractivity contribution < 1.29 is 46.3 Å². The third-order valence-electron chi connectivity index (χ3n) is 6.89. The lowest BCUT2D eigenvalue weighted by molar-refractivity contribution is -0.339. The van der Waals surface area contributed by atoms with Crippen LogP contribution in [0, 0.1) is 0 Å². The first-order chi connectivity index (χ1) is 20.1. The van der Waals surface area contributed by atoms with Gasteiger partial charge in [-0.2, -0.15) is 13.2 Å². The highest BCUT2D eigenvalue weighted by atomic mass is 32.1. The van der Waals surface area contributed by atoms with E-state index in [0.717, 1.165) is 11.1 Å². The van der Waals surface area contributed by atoms with Crippen LogP contribution in [0.5, 0.6) is 5.75 Å². The molecule has 2 heterocycles. The predicted molar refractivity (Wildman–Crippen MR) is 150 cm³/mol. The molecular weight excluding hydrogens is 573 g/mol. The molecular formula is C31H33F3O7S. The summed E-state index contributed by atoms with van der Waals surface area (Å²) in [5, 5.41) is 0. The van der Waals surface area contributed by atoms with Crippen molar-refractivity contribution in [2.45, 2.75) is 74.8 Å². The summed E-state index contributed by atoms with van der Waals surface area (Å²) in [5.74, 6) is -0.833. The fourth-order valence-electron chi connectivity index (χ4n) is 5.15. The molecule has 0 amide bonds. The van der Waals surface area contributed by atoms with E-state index in [4.69, 9.17) is 33.2 Å². The molecule has 0 aromatic heterocycles. The Bertz CT molecular complexity index is 1270. The number of thiol groups is 1. The van der Waals surface area contributed by atoms with Gasteiger partial charge < -0.3 is 33.2 Å². The Labute approximate surface area is 248 Å². The summed E-state index contributed by atoms with van der Waals surface area (Å²) in [6.45, 7) is 2.77. The minimum atomic E-state index is -4.96. The van der Waals surface area contributed by atoms with Crippen LogP contribution in [-0.2, 0) is 41.6 Å². The van der Waals surface area contributed by atoms with E-state index in [1.165, 1.54) is 0 Å². The quantitative estimate of drug-likeness (QED) is 0.193. The van der Waals surface area contributed by atoms with E-state index in [9.17, 15) is 0 Å². The average molecular weight is 607 g/mol. The Morgan fingerprint density at radius 3 is 1.98 bits per heavy atom. The van der Waals surface area contributed by atoms with Crippen molar-refractivity contribution in [3.8, 4) is 5.75 Å². The standard InChI is InChI=1S/C31H33F3O7S/c1-29(2)39-24-25(36-19-22-14-8-4-9-15-22)30(41-26(24)40-29,20-35-18-21-12-6-3-7-13-21)27(31(32,33)34)38-28(42)37-23-16-10-5-11-17-23/h3-17,24-28,42H,18-20H2,1-2H3/t24-,25+,26+,27?,28?,30-/m1/s1. The second kappa shape index (κ2) is 12.9. The van der Waals surface area contributed by atoms with Crippen LogP contribution in [0.3, 0.4) is 0 Å². The summed E-state index contributed by atoms with van der Waals surface area (Å²) in [7, 11) is 0. The maximum Gasteiger partial charge on any atom is 0.417 e. The molecule has 0 saturated carbocycles. The molecule has 2 unspecified atom stereocenters. The van der Waals surface area contributed by atoms with Gasteiger partial charge in [-0.25, -0.2) is 0 Å². The molecule has 2 fully saturated rings. The topological polar surface area (TPSA) is 64.6 Å². The van der Waals surface area contributed by atoms with Crippen LogP contribution in [0.2, 0.25) is 0 Å². The SMILES string of the molecule is CC1(C)O[C@H]2O[C@@](COCc3ccccc3)(C(OC(S)Oc3ccccc3)C(F)(F)F)[C@@H](OCc3ccccc3)[C@H]2O1. The van der Waals surface area contributed by atoms with E-state index in [2.05, 4.69) is 12.6 Å². The Morgan fingerprint density at radius 2 is 1.38 bits per heavy atom. The second-order valence-corrected chi connectivity index (χ2v) is 11.0. The Balaban J connectivity index is 1.49. The molecule has 0 N–H and O–H groups in total. The molecule has 11 heteroatoms. The van der Waals surface area contributed by atoms with Crippen molar-refractivity contribution >= 4 is 12.6 Å². The highest BCUT2D eigenvalue weighted by Gasteiger charge is 2.71. The number of para-hydroxylation sites is 1. The molecule has 2 saturated heterocycles. The number of alkyl halides is 3. The highest BCUT2D eigenvalue weighted by Crippen LogP contribution is 2.50. The van der Waals surface area contributed by atoms with Crippen LogP contribution in [0.4, 0.5) is 13.2 Å². The molecule has 5 rings (SSSR count). The van der Waals surface area contributed by atoms with Crippen LogP contribution in [0.15, 0.2) is 91.0 Å². The maximum atomic E-state index is 15.0. The van der Waals surface area contributed by atoms with Gasteiger partial charge in [0.05, 0.1) is 19.8 Å². The molecule has 0 aliphatic carbocycles. The van der Waals surface area contributed by atoms with Crippen LogP contribution >= 0.6 is 12.6 Å². The number of hydrogen-bond acceptors (Lipinski definition) is 8. The van der Waals surface area contributed by atoms with Crippen LogP contribution < -0.4 is 4.74 Å². The minimum absolute atomic E-state index is 0.0162. The maximum absolute atomic E-state index is 15.0. The lowest BCUT2D eigenvalue weighted by Gasteiger charge is -2.42. The van der Waals surface area contributed by atoms with Gasteiger partial charge in [0.2, 0.25) is 5.62 Å². The summed E-state index contributed by atoms with van der Waals surface area (Å²) in [4.78, 5) is 0. The first-order valence-electron chi connectivity index (χ1n) is 13.5. The fourth-order valence-corrected chi connectivity index (χ4v) is 5.39. The van der Waals surface area contributed by atoms with Crippen molar-refractivity contribution in [2.24, 2.45) is 0 Å². The van der Waals surface area contributed by atoms with E-state index in [1.807, 2.05) is 60.7 Å². The first kappa shape index (κ1) is 30.8. The average Bonchev–Trinajstić information content (AvgIpc) is 3.40. The van der Waals surface area contributed by atoms with E-state index in [-0.39, 0.29) is 19.0 Å². The number of fused-ring (bicyclic) bond motifs is 1. The fraction of sp³-hybridized carbons (Fsp3) is 0.419. The van der Waals surface area contributed by atoms with E-state index in [1.54, 1.807) is 44.2 Å². The van der Waals surface area contributed by atoms with E-state index < -0.39 is 54.4 Å².